The van der Waals surface area contributed by atoms with E-state index >= 15 is 0 Å². The molecule has 20 heavy (non-hydrogen) atoms. The van der Waals surface area contributed by atoms with Crippen LogP contribution in [0.3, 0.4) is 0 Å². The predicted octanol–water partition coefficient (Wildman–Crippen LogP) is 3.59. The summed E-state index contributed by atoms with van der Waals surface area (Å²) in [6, 6.07) is 8.70. The average molecular weight is 334 g/mol. The Kier molecular flexibility index (Phi) is 3.94. The average Bonchev–Trinajstić information content (AvgIpc) is 3.06. The van der Waals surface area contributed by atoms with Crippen molar-refractivity contribution in [1.29, 1.82) is 0 Å². The molecule has 106 valence electrons. The third kappa shape index (κ3) is 3.49. The quantitative estimate of drug-likeness (QED) is 0.848. The van der Waals surface area contributed by atoms with Crippen LogP contribution >= 0.6 is 15.9 Å². The third-order valence-electron chi connectivity index (χ3n) is 4.00. The fourth-order valence-electron chi connectivity index (χ4n) is 2.63. The van der Waals surface area contributed by atoms with E-state index in [1.54, 1.807) is 0 Å². The molecule has 0 amide bonds. The lowest BCUT2D eigenvalue weighted by Crippen LogP contribution is -2.25. The zero-order valence-corrected chi connectivity index (χ0v) is 13.3. The molecule has 3 nitrogen and oxygen atoms in total. The van der Waals surface area contributed by atoms with Crippen LogP contribution in [0.1, 0.15) is 29.9 Å². The molecule has 1 aliphatic carbocycles. The van der Waals surface area contributed by atoms with Gasteiger partial charge in [-0.2, -0.15) is 0 Å². The number of halogens is 1. The number of imidazole rings is 1. The van der Waals surface area contributed by atoms with Gasteiger partial charge in [-0.25, -0.2) is 4.98 Å². The number of nitrogens with one attached hydrogen (secondary N) is 2. The maximum absolute atomic E-state index is 4.33. The topological polar surface area (TPSA) is 40.7 Å². The fraction of sp³-hybridized carbons (Fsp3) is 0.438. The molecule has 1 saturated carbocycles. The number of nitrogens with zero attached hydrogens (tertiary/aromatic N) is 1. The lowest BCUT2D eigenvalue weighted by Gasteiger charge is -2.16. The standard InChI is InChI=1S/C16H20BrN3/c1-12-9-19-15(20-12)10-18-11-16(6-7-16)8-13-2-4-14(17)5-3-13/h2-5,9,18H,6-8,10-11H2,1H3,(H,19,20). The van der Waals surface area contributed by atoms with Gasteiger partial charge in [0.15, 0.2) is 0 Å². The first-order valence-electron chi connectivity index (χ1n) is 7.11. The molecule has 1 aliphatic rings. The molecule has 0 bridgehead atoms. The van der Waals surface area contributed by atoms with Crippen molar-refractivity contribution in [3.05, 3.63) is 52.0 Å². The number of aromatic amines is 1. The Hall–Kier alpha value is -1.13. The van der Waals surface area contributed by atoms with Gasteiger partial charge in [-0.05, 0) is 49.3 Å². The van der Waals surface area contributed by atoms with Gasteiger partial charge in [-0.15, -0.1) is 0 Å². The SMILES string of the molecule is Cc1cnc(CNCC2(Cc3ccc(Br)cc3)CC2)[nH]1. The molecule has 3 rings (SSSR count). The van der Waals surface area contributed by atoms with Gasteiger partial charge in [0.05, 0.1) is 6.54 Å². The number of H-pyrrole nitrogens is 1. The molecule has 1 aromatic carbocycles. The van der Waals surface area contributed by atoms with E-state index < -0.39 is 0 Å². The van der Waals surface area contributed by atoms with Crippen LogP contribution in [0, 0.1) is 12.3 Å². The molecule has 4 heteroatoms. The molecular weight excluding hydrogens is 314 g/mol. The number of aryl methyl sites for hydroxylation is 1. The highest BCUT2D eigenvalue weighted by Gasteiger charge is 2.41. The molecule has 2 N–H and O–H groups in total. The van der Waals surface area contributed by atoms with Gasteiger partial charge in [0, 0.05) is 22.9 Å². The first-order valence-corrected chi connectivity index (χ1v) is 7.90. The zero-order valence-electron chi connectivity index (χ0n) is 11.7. The van der Waals surface area contributed by atoms with Gasteiger partial charge < -0.3 is 10.3 Å². The van der Waals surface area contributed by atoms with Gasteiger partial charge in [-0.3, -0.25) is 0 Å². The largest absolute Gasteiger partial charge is 0.345 e. The second kappa shape index (κ2) is 5.70. The Morgan fingerprint density at radius 3 is 2.65 bits per heavy atom. The van der Waals surface area contributed by atoms with Crippen molar-refractivity contribution >= 4 is 15.9 Å². The number of hydrogen-bond acceptors (Lipinski definition) is 2. The van der Waals surface area contributed by atoms with Crippen molar-refractivity contribution in [2.75, 3.05) is 6.54 Å². The summed E-state index contributed by atoms with van der Waals surface area (Å²) in [6.45, 7) is 3.94. The van der Waals surface area contributed by atoms with E-state index in [1.165, 1.54) is 24.8 Å². The third-order valence-corrected chi connectivity index (χ3v) is 4.53. The molecule has 0 radical (unpaired) electrons. The first-order chi connectivity index (χ1) is 9.65. The smallest absolute Gasteiger partial charge is 0.120 e. The molecule has 0 saturated heterocycles. The summed E-state index contributed by atoms with van der Waals surface area (Å²) in [5.41, 5.74) is 3.02. The summed E-state index contributed by atoms with van der Waals surface area (Å²) in [4.78, 5) is 7.59. The normalized spacial score (nSPS) is 16.3. The van der Waals surface area contributed by atoms with Crippen LogP contribution in [0.4, 0.5) is 0 Å². The summed E-state index contributed by atoms with van der Waals surface area (Å²) in [5, 5.41) is 3.55. The molecule has 1 fully saturated rings. The summed E-state index contributed by atoms with van der Waals surface area (Å²) in [7, 11) is 0. The van der Waals surface area contributed by atoms with Crippen molar-refractivity contribution in [3.63, 3.8) is 0 Å². The fourth-order valence-corrected chi connectivity index (χ4v) is 2.90. The first kappa shape index (κ1) is 13.8. The van der Waals surface area contributed by atoms with E-state index in [0.29, 0.717) is 5.41 Å². The molecule has 1 aromatic heterocycles. The number of benzene rings is 1. The Morgan fingerprint density at radius 2 is 2.05 bits per heavy atom. The van der Waals surface area contributed by atoms with E-state index in [9.17, 15) is 0 Å². The maximum atomic E-state index is 4.33. The highest BCUT2D eigenvalue weighted by Crippen LogP contribution is 2.47. The Morgan fingerprint density at radius 1 is 1.30 bits per heavy atom. The number of aromatic nitrogens is 2. The molecule has 0 unspecified atom stereocenters. The minimum Gasteiger partial charge on any atom is -0.345 e. The maximum Gasteiger partial charge on any atom is 0.120 e. The van der Waals surface area contributed by atoms with Crippen LogP contribution in [0.5, 0.6) is 0 Å². The van der Waals surface area contributed by atoms with Gasteiger partial charge >= 0.3 is 0 Å². The monoisotopic (exact) mass is 333 g/mol. The molecule has 0 spiro atoms. The van der Waals surface area contributed by atoms with Crippen molar-refractivity contribution in [3.8, 4) is 0 Å². The van der Waals surface area contributed by atoms with Gasteiger partial charge in [0.1, 0.15) is 5.82 Å². The van der Waals surface area contributed by atoms with E-state index in [0.717, 1.165) is 29.1 Å². The molecule has 0 aliphatic heterocycles. The zero-order chi connectivity index (χ0) is 14.0. The Balaban J connectivity index is 1.50. The summed E-state index contributed by atoms with van der Waals surface area (Å²) in [5.74, 6) is 1.03. The molecule has 0 atom stereocenters. The van der Waals surface area contributed by atoms with Crippen molar-refractivity contribution in [2.45, 2.75) is 32.7 Å². The second-order valence-corrected chi connectivity index (χ2v) is 6.84. The highest BCUT2D eigenvalue weighted by molar-refractivity contribution is 9.10. The number of rotatable bonds is 6. The Bertz CT molecular complexity index is 570. The summed E-state index contributed by atoms with van der Waals surface area (Å²) in [6.07, 6.45) is 5.71. The van der Waals surface area contributed by atoms with Gasteiger partial charge in [0.2, 0.25) is 0 Å². The minimum atomic E-state index is 0.468. The molecular formula is C16H20BrN3. The lowest BCUT2D eigenvalue weighted by molar-refractivity contribution is 0.451. The van der Waals surface area contributed by atoms with Crippen molar-refractivity contribution in [1.82, 2.24) is 15.3 Å². The van der Waals surface area contributed by atoms with Crippen LogP contribution in [0.15, 0.2) is 34.9 Å². The van der Waals surface area contributed by atoms with Crippen LogP contribution in [-0.2, 0) is 13.0 Å². The molecule has 2 aromatic rings. The summed E-state index contributed by atoms with van der Waals surface area (Å²) < 4.78 is 1.15. The Labute approximate surface area is 128 Å². The van der Waals surface area contributed by atoms with Crippen molar-refractivity contribution in [2.24, 2.45) is 5.41 Å². The second-order valence-electron chi connectivity index (χ2n) is 5.92. The highest BCUT2D eigenvalue weighted by atomic mass is 79.9. The molecule has 1 heterocycles. The van der Waals surface area contributed by atoms with E-state index in [-0.39, 0.29) is 0 Å². The van der Waals surface area contributed by atoms with Crippen LogP contribution < -0.4 is 5.32 Å². The summed E-state index contributed by atoms with van der Waals surface area (Å²) >= 11 is 3.49. The van der Waals surface area contributed by atoms with Crippen LogP contribution in [-0.4, -0.2) is 16.5 Å². The predicted molar refractivity (Wildman–Crippen MR) is 84.5 cm³/mol. The van der Waals surface area contributed by atoms with Crippen LogP contribution in [0.2, 0.25) is 0 Å². The number of hydrogen-bond donors (Lipinski definition) is 2. The van der Waals surface area contributed by atoms with Crippen molar-refractivity contribution < 1.29 is 0 Å². The van der Waals surface area contributed by atoms with Gasteiger partial charge in [-0.1, -0.05) is 28.1 Å². The van der Waals surface area contributed by atoms with E-state index in [4.69, 9.17) is 0 Å². The van der Waals surface area contributed by atoms with E-state index in [2.05, 4.69) is 55.5 Å². The lowest BCUT2D eigenvalue weighted by atomic mass is 9.96. The van der Waals surface area contributed by atoms with Crippen LogP contribution in [0.25, 0.3) is 0 Å². The minimum absolute atomic E-state index is 0.468. The van der Waals surface area contributed by atoms with E-state index in [1.807, 2.05) is 13.1 Å². The van der Waals surface area contributed by atoms with Gasteiger partial charge in [0.25, 0.3) is 0 Å².